The van der Waals surface area contributed by atoms with Gasteiger partial charge in [-0.05, 0) is 42.7 Å². The fourth-order valence-corrected chi connectivity index (χ4v) is 2.11. The Bertz CT molecular complexity index is 668. The van der Waals surface area contributed by atoms with Gasteiger partial charge in [0, 0.05) is 11.1 Å². The maximum atomic E-state index is 13.1. The Kier molecular flexibility index (Phi) is 5.66. The molecule has 0 amide bonds. The number of halogens is 3. The predicted octanol–water partition coefficient (Wildman–Crippen LogP) is 5.24. The molecule has 0 saturated carbocycles. The Balaban J connectivity index is 2.08. The van der Waals surface area contributed by atoms with Crippen LogP contribution in [0.5, 0.6) is 0 Å². The molecular weight excluding hydrogens is 285 g/mol. The lowest BCUT2D eigenvalue weighted by molar-refractivity contribution is 0.446. The summed E-state index contributed by atoms with van der Waals surface area (Å²) in [5, 5.41) is 0. The summed E-state index contributed by atoms with van der Waals surface area (Å²) in [6.07, 6.45) is 4.60. The summed E-state index contributed by atoms with van der Waals surface area (Å²) in [6, 6.07) is 9.56. The van der Waals surface area contributed by atoms with E-state index >= 15 is 0 Å². The first-order valence-electron chi connectivity index (χ1n) is 7.35. The minimum absolute atomic E-state index is 0.114. The number of rotatable bonds is 4. The lowest BCUT2D eigenvalue weighted by Crippen LogP contribution is -1.91. The van der Waals surface area contributed by atoms with Crippen LogP contribution < -0.4 is 0 Å². The SMILES string of the molecule is CCCCCc1ccc(C#Cc2cc(F)c(F)c(F)c2)cc1. The molecule has 2 aromatic rings. The zero-order valence-electron chi connectivity index (χ0n) is 12.4. The van der Waals surface area contributed by atoms with E-state index in [2.05, 4.69) is 18.8 Å². The van der Waals surface area contributed by atoms with E-state index < -0.39 is 17.5 Å². The molecule has 0 fully saturated rings. The molecule has 0 nitrogen and oxygen atoms in total. The highest BCUT2D eigenvalue weighted by molar-refractivity contribution is 5.43. The van der Waals surface area contributed by atoms with Crippen LogP contribution in [0, 0.1) is 29.3 Å². The van der Waals surface area contributed by atoms with Gasteiger partial charge in [0.25, 0.3) is 0 Å². The third-order valence-electron chi connectivity index (χ3n) is 3.36. The van der Waals surface area contributed by atoms with Crippen molar-refractivity contribution in [3.63, 3.8) is 0 Å². The summed E-state index contributed by atoms with van der Waals surface area (Å²) in [6.45, 7) is 2.17. The number of hydrogen-bond donors (Lipinski definition) is 0. The van der Waals surface area contributed by atoms with E-state index in [1.807, 2.05) is 24.3 Å². The molecule has 2 aromatic carbocycles. The van der Waals surface area contributed by atoms with Crippen LogP contribution in [0.25, 0.3) is 0 Å². The van der Waals surface area contributed by atoms with Crippen LogP contribution in [-0.4, -0.2) is 0 Å². The number of unbranched alkanes of at least 4 members (excludes halogenated alkanes) is 2. The van der Waals surface area contributed by atoms with Crippen molar-refractivity contribution in [1.29, 1.82) is 0 Å². The Morgan fingerprint density at radius 3 is 2.00 bits per heavy atom. The van der Waals surface area contributed by atoms with Crippen molar-refractivity contribution in [1.82, 2.24) is 0 Å². The van der Waals surface area contributed by atoms with Crippen molar-refractivity contribution in [2.45, 2.75) is 32.6 Å². The van der Waals surface area contributed by atoms with E-state index in [4.69, 9.17) is 0 Å². The molecule has 0 saturated heterocycles. The average Bonchev–Trinajstić information content (AvgIpc) is 2.52. The molecule has 0 heterocycles. The van der Waals surface area contributed by atoms with E-state index in [0.29, 0.717) is 0 Å². The first kappa shape index (κ1) is 16.2. The van der Waals surface area contributed by atoms with Crippen LogP contribution in [-0.2, 0) is 6.42 Å². The van der Waals surface area contributed by atoms with Gasteiger partial charge in [-0.15, -0.1) is 0 Å². The van der Waals surface area contributed by atoms with Gasteiger partial charge in [-0.25, -0.2) is 13.2 Å². The van der Waals surface area contributed by atoms with E-state index in [0.717, 1.165) is 30.5 Å². The molecule has 0 aliphatic rings. The second kappa shape index (κ2) is 7.70. The Morgan fingerprint density at radius 1 is 0.818 bits per heavy atom. The maximum absolute atomic E-state index is 13.1. The smallest absolute Gasteiger partial charge is 0.194 e. The van der Waals surface area contributed by atoms with Gasteiger partial charge in [0.05, 0.1) is 0 Å². The molecule has 3 heteroatoms. The highest BCUT2D eigenvalue weighted by atomic mass is 19.2. The van der Waals surface area contributed by atoms with Gasteiger partial charge in [0.1, 0.15) is 0 Å². The van der Waals surface area contributed by atoms with E-state index in [1.165, 1.54) is 18.4 Å². The lowest BCUT2D eigenvalue weighted by Gasteiger charge is -2.00. The molecule has 2 rings (SSSR count). The van der Waals surface area contributed by atoms with Crippen LogP contribution in [0.15, 0.2) is 36.4 Å². The highest BCUT2D eigenvalue weighted by Gasteiger charge is 2.09. The van der Waals surface area contributed by atoms with Gasteiger partial charge in [-0.2, -0.15) is 0 Å². The van der Waals surface area contributed by atoms with E-state index in [1.54, 1.807) is 0 Å². The minimum Gasteiger partial charge on any atom is -0.204 e. The third-order valence-corrected chi connectivity index (χ3v) is 3.36. The lowest BCUT2D eigenvalue weighted by atomic mass is 10.1. The number of hydrogen-bond acceptors (Lipinski definition) is 0. The molecule has 0 radical (unpaired) electrons. The largest absolute Gasteiger partial charge is 0.204 e. The third kappa shape index (κ3) is 4.39. The Labute approximate surface area is 129 Å². The monoisotopic (exact) mass is 302 g/mol. The van der Waals surface area contributed by atoms with Gasteiger partial charge in [-0.3, -0.25) is 0 Å². The zero-order chi connectivity index (χ0) is 15.9. The fraction of sp³-hybridized carbons (Fsp3) is 0.263. The second-order valence-corrected chi connectivity index (χ2v) is 5.16. The normalized spacial score (nSPS) is 10.2. The van der Waals surface area contributed by atoms with Crippen LogP contribution in [0.2, 0.25) is 0 Å². The van der Waals surface area contributed by atoms with Gasteiger partial charge in [0.15, 0.2) is 17.5 Å². The van der Waals surface area contributed by atoms with Crippen molar-refractivity contribution in [3.8, 4) is 11.8 Å². The predicted molar refractivity (Wildman–Crippen MR) is 82.0 cm³/mol. The second-order valence-electron chi connectivity index (χ2n) is 5.16. The van der Waals surface area contributed by atoms with E-state index in [-0.39, 0.29) is 5.56 Å². The van der Waals surface area contributed by atoms with Crippen molar-refractivity contribution >= 4 is 0 Å². The van der Waals surface area contributed by atoms with Crippen LogP contribution in [0.1, 0.15) is 42.9 Å². The molecule has 0 aromatic heterocycles. The van der Waals surface area contributed by atoms with Gasteiger partial charge < -0.3 is 0 Å². The molecule has 0 N–H and O–H groups in total. The summed E-state index contributed by atoms with van der Waals surface area (Å²) in [5.74, 6) is 1.55. The summed E-state index contributed by atoms with van der Waals surface area (Å²) >= 11 is 0. The topological polar surface area (TPSA) is 0 Å². The van der Waals surface area contributed by atoms with Crippen molar-refractivity contribution in [2.75, 3.05) is 0 Å². The van der Waals surface area contributed by atoms with Gasteiger partial charge in [0.2, 0.25) is 0 Å². The van der Waals surface area contributed by atoms with Gasteiger partial charge >= 0.3 is 0 Å². The van der Waals surface area contributed by atoms with Crippen molar-refractivity contribution in [3.05, 3.63) is 70.5 Å². The molecule has 0 unspecified atom stereocenters. The van der Waals surface area contributed by atoms with Gasteiger partial charge in [-0.1, -0.05) is 43.7 Å². The molecular formula is C19H17F3. The first-order chi connectivity index (χ1) is 10.6. The Hall–Kier alpha value is -2.21. The molecule has 0 spiro atoms. The van der Waals surface area contributed by atoms with Crippen molar-refractivity contribution < 1.29 is 13.2 Å². The summed E-state index contributed by atoms with van der Waals surface area (Å²) in [7, 11) is 0. The summed E-state index contributed by atoms with van der Waals surface area (Å²) in [5.41, 5.74) is 2.12. The molecule has 0 bridgehead atoms. The minimum atomic E-state index is -1.47. The average molecular weight is 302 g/mol. The summed E-state index contributed by atoms with van der Waals surface area (Å²) < 4.78 is 39.0. The van der Waals surface area contributed by atoms with Crippen LogP contribution >= 0.6 is 0 Å². The quantitative estimate of drug-likeness (QED) is 0.412. The first-order valence-corrected chi connectivity index (χ1v) is 7.35. The highest BCUT2D eigenvalue weighted by Crippen LogP contribution is 2.13. The summed E-state index contributed by atoms with van der Waals surface area (Å²) in [4.78, 5) is 0. The van der Waals surface area contributed by atoms with Crippen LogP contribution in [0.3, 0.4) is 0 Å². The molecule has 22 heavy (non-hydrogen) atoms. The molecule has 0 aliphatic heterocycles. The fourth-order valence-electron chi connectivity index (χ4n) is 2.11. The van der Waals surface area contributed by atoms with Crippen molar-refractivity contribution in [2.24, 2.45) is 0 Å². The molecule has 0 atom stereocenters. The standard InChI is InChI=1S/C19H17F3/c1-2-3-4-5-14-6-8-15(9-7-14)10-11-16-12-17(20)19(22)18(21)13-16/h6-9,12-13H,2-5H2,1H3. The number of aryl methyl sites for hydroxylation is 1. The maximum Gasteiger partial charge on any atom is 0.194 e. The molecule has 0 aliphatic carbocycles. The Morgan fingerprint density at radius 2 is 1.41 bits per heavy atom. The number of benzene rings is 2. The molecule has 114 valence electrons. The van der Waals surface area contributed by atoms with Crippen LogP contribution in [0.4, 0.5) is 13.2 Å². The zero-order valence-corrected chi connectivity index (χ0v) is 12.4. The van der Waals surface area contributed by atoms with E-state index in [9.17, 15) is 13.2 Å².